The van der Waals surface area contributed by atoms with Crippen LogP contribution in [0.1, 0.15) is 25.3 Å². The molecule has 0 radical (unpaired) electrons. The van der Waals surface area contributed by atoms with Crippen LogP contribution in [0, 0.1) is 5.41 Å². The van der Waals surface area contributed by atoms with Crippen LogP contribution in [0.25, 0.3) is 0 Å². The first-order chi connectivity index (χ1) is 7.18. The standard InChI is InChI=1S/C13H18ClN/c1-13(5-7-15-8-6-13)10-11-3-2-4-12(14)9-11/h2-4,9,15H,5-8,10H2,1H3. The monoisotopic (exact) mass is 223 g/mol. The summed E-state index contributed by atoms with van der Waals surface area (Å²) in [5.41, 5.74) is 1.82. The van der Waals surface area contributed by atoms with Crippen LogP contribution in [0.3, 0.4) is 0 Å². The summed E-state index contributed by atoms with van der Waals surface area (Å²) >= 11 is 6.00. The van der Waals surface area contributed by atoms with Crippen LogP contribution < -0.4 is 5.32 Å². The Morgan fingerprint density at radius 1 is 1.33 bits per heavy atom. The SMILES string of the molecule is CC1(Cc2cccc(Cl)c2)CCNCC1. The molecule has 1 aliphatic rings. The normalized spacial score (nSPS) is 20.1. The molecule has 1 fully saturated rings. The zero-order chi connectivity index (χ0) is 10.7. The fraction of sp³-hybridized carbons (Fsp3) is 0.538. The molecule has 1 saturated heterocycles. The van der Waals surface area contributed by atoms with Gasteiger partial charge in [0.15, 0.2) is 0 Å². The number of piperidine rings is 1. The summed E-state index contributed by atoms with van der Waals surface area (Å²) in [5, 5.41) is 4.26. The second-order valence-corrected chi connectivity index (χ2v) is 5.30. The van der Waals surface area contributed by atoms with Crippen molar-refractivity contribution in [2.45, 2.75) is 26.2 Å². The molecule has 0 bridgehead atoms. The van der Waals surface area contributed by atoms with Gasteiger partial charge in [-0.3, -0.25) is 0 Å². The molecular formula is C13H18ClN. The summed E-state index contributed by atoms with van der Waals surface area (Å²) in [6.45, 7) is 4.68. The van der Waals surface area contributed by atoms with E-state index in [1.807, 2.05) is 12.1 Å². The Bertz CT molecular complexity index is 329. The maximum absolute atomic E-state index is 6.00. The van der Waals surface area contributed by atoms with Gasteiger partial charge in [0.25, 0.3) is 0 Å². The predicted octanol–water partition coefficient (Wildman–Crippen LogP) is 3.27. The maximum atomic E-state index is 6.00. The summed E-state index contributed by atoms with van der Waals surface area (Å²) in [5.74, 6) is 0. The fourth-order valence-corrected chi connectivity index (χ4v) is 2.56. The average molecular weight is 224 g/mol. The van der Waals surface area contributed by atoms with E-state index < -0.39 is 0 Å². The average Bonchev–Trinajstić information content (AvgIpc) is 2.18. The van der Waals surface area contributed by atoms with E-state index >= 15 is 0 Å². The van der Waals surface area contributed by atoms with E-state index in [4.69, 9.17) is 11.6 Å². The molecule has 1 aromatic carbocycles. The lowest BCUT2D eigenvalue weighted by molar-refractivity contribution is 0.228. The molecule has 1 aromatic rings. The highest BCUT2D eigenvalue weighted by molar-refractivity contribution is 6.30. The minimum Gasteiger partial charge on any atom is -0.317 e. The molecule has 0 spiro atoms. The number of nitrogens with one attached hydrogen (secondary N) is 1. The first-order valence-corrected chi connectivity index (χ1v) is 6.01. The van der Waals surface area contributed by atoms with Gasteiger partial charge in [0.05, 0.1) is 0 Å². The summed E-state index contributed by atoms with van der Waals surface area (Å²) in [4.78, 5) is 0. The third-order valence-electron chi connectivity index (χ3n) is 3.33. The van der Waals surface area contributed by atoms with Crippen molar-refractivity contribution in [3.63, 3.8) is 0 Å². The molecule has 0 unspecified atom stereocenters. The van der Waals surface area contributed by atoms with Gasteiger partial charge in [0.1, 0.15) is 0 Å². The molecule has 0 aliphatic carbocycles. The van der Waals surface area contributed by atoms with Gasteiger partial charge in [-0.25, -0.2) is 0 Å². The Hall–Kier alpha value is -0.530. The highest BCUT2D eigenvalue weighted by Crippen LogP contribution is 2.32. The molecule has 0 atom stereocenters. The molecule has 1 aliphatic heterocycles. The van der Waals surface area contributed by atoms with Crippen molar-refractivity contribution in [2.24, 2.45) is 5.41 Å². The fourth-order valence-electron chi connectivity index (χ4n) is 2.35. The molecular weight excluding hydrogens is 206 g/mol. The third-order valence-corrected chi connectivity index (χ3v) is 3.57. The van der Waals surface area contributed by atoms with Crippen molar-refractivity contribution < 1.29 is 0 Å². The molecule has 15 heavy (non-hydrogen) atoms. The minimum absolute atomic E-state index is 0.454. The van der Waals surface area contributed by atoms with Crippen molar-refractivity contribution in [1.29, 1.82) is 0 Å². The van der Waals surface area contributed by atoms with Crippen molar-refractivity contribution in [1.82, 2.24) is 5.32 Å². The van der Waals surface area contributed by atoms with Crippen LogP contribution in [-0.2, 0) is 6.42 Å². The first kappa shape index (κ1) is 11.0. The van der Waals surface area contributed by atoms with Gasteiger partial charge in [-0.15, -0.1) is 0 Å². The van der Waals surface area contributed by atoms with Gasteiger partial charge in [-0.1, -0.05) is 30.7 Å². The van der Waals surface area contributed by atoms with Crippen LogP contribution in [-0.4, -0.2) is 13.1 Å². The number of benzene rings is 1. The van der Waals surface area contributed by atoms with E-state index in [0.29, 0.717) is 5.41 Å². The van der Waals surface area contributed by atoms with E-state index in [1.165, 1.54) is 18.4 Å². The van der Waals surface area contributed by atoms with Gasteiger partial charge in [-0.05, 0) is 55.5 Å². The van der Waals surface area contributed by atoms with Gasteiger partial charge in [-0.2, -0.15) is 0 Å². The van der Waals surface area contributed by atoms with E-state index in [0.717, 1.165) is 24.5 Å². The van der Waals surface area contributed by atoms with Crippen LogP contribution >= 0.6 is 11.6 Å². The summed E-state index contributed by atoms with van der Waals surface area (Å²) in [6, 6.07) is 8.26. The van der Waals surface area contributed by atoms with E-state index in [-0.39, 0.29) is 0 Å². The minimum atomic E-state index is 0.454. The van der Waals surface area contributed by atoms with Gasteiger partial charge in [0.2, 0.25) is 0 Å². The lowest BCUT2D eigenvalue weighted by Crippen LogP contribution is -2.36. The predicted molar refractivity (Wildman–Crippen MR) is 65.4 cm³/mol. The van der Waals surface area contributed by atoms with Crippen molar-refractivity contribution >= 4 is 11.6 Å². The number of rotatable bonds is 2. The summed E-state index contributed by atoms with van der Waals surface area (Å²) in [6.07, 6.45) is 3.67. The molecule has 0 saturated carbocycles. The second-order valence-electron chi connectivity index (χ2n) is 4.87. The number of hydrogen-bond acceptors (Lipinski definition) is 1. The third kappa shape index (κ3) is 2.96. The van der Waals surface area contributed by atoms with Crippen molar-refractivity contribution in [2.75, 3.05) is 13.1 Å². The molecule has 2 heteroatoms. The Morgan fingerprint density at radius 3 is 2.73 bits per heavy atom. The Balaban J connectivity index is 2.06. The molecule has 1 nitrogen and oxygen atoms in total. The zero-order valence-electron chi connectivity index (χ0n) is 9.22. The largest absolute Gasteiger partial charge is 0.317 e. The van der Waals surface area contributed by atoms with Crippen LogP contribution in [0.5, 0.6) is 0 Å². The molecule has 1 heterocycles. The lowest BCUT2D eigenvalue weighted by atomic mass is 9.76. The quantitative estimate of drug-likeness (QED) is 0.812. The van der Waals surface area contributed by atoms with Crippen molar-refractivity contribution in [3.8, 4) is 0 Å². The summed E-state index contributed by atoms with van der Waals surface area (Å²) in [7, 11) is 0. The molecule has 1 N–H and O–H groups in total. The highest BCUT2D eigenvalue weighted by atomic mass is 35.5. The van der Waals surface area contributed by atoms with Gasteiger partial charge >= 0.3 is 0 Å². The van der Waals surface area contributed by atoms with Crippen LogP contribution in [0.15, 0.2) is 24.3 Å². The van der Waals surface area contributed by atoms with E-state index in [9.17, 15) is 0 Å². The van der Waals surface area contributed by atoms with Gasteiger partial charge < -0.3 is 5.32 Å². The molecule has 2 rings (SSSR count). The number of hydrogen-bond donors (Lipinski definition) is 1. The smallest absolute Gasteiger partial charge is 0.0408 e. The zero-order valence-corrected chi connectivity index (χ0v) is 9.98. The van der Waals surface area contributed by atoms with Crippen LogP contribution in [0.2, 0.25) is 5.02 Å². The number of halogens is 1. The lowest BCUT2D eigenvalue weighted by Gasteiger charge is -2.34. The Kier molecular flexibility index (Phi) is 3.32. The Labute approximate surface area is 96.8 Å². The van der Waals surface area contributed by atoms with Gasteiger partial charge in [0, 0.05) is 5.02 Å². The summed E-state index contributed by atoms with van der Waals surface area (Å²) < 4.78 is 0. The second kappa shape index (κ2) is 4.54. The van der Waals surface area contributed by atoms with E-state index in [1.54, 1.807) is 0 Å². The first-order valence-electron chi connectivity index (χ1n) is 5.63. The highest BCUT2D eigenvalue weighted by Gasteiger charge is 2.26. The molecule has 0 amide bonds. The van der Waals surface area contributed by atoms with Crippen molar-refractivity contribution in [3.05, 3.63) is 34.9 Å². The molecule has 0 aromatic heterocycles. The topological polar surface area (TPSA) is 12.0 Å². The Morgan fingerprint density at radius 2 is 2.07 bits per heavy atom. The van der Waals surface area contributed by atoms with Crippen LogP contribution in [0.4, 0.5) is 0 Å². The molecule has 82 valence electrons. The van der Waals surface area contributed by atoms with E-state index in [2.05, 4.69) is 24.4 Å². The maximum Gasteiger partial charge on any atom is 0.0408 e.